The molecule has 8 aromatic carbocycles. The number of hydrogen-bond acceptors (Lipinski definition) is 2. The number of hydrogen-bond donors (Lipinski definition) is 0. The van der Waals surface area contributed by atoms with Crippen LogP contribution in [-0.2, 0) is 5.41 Å². The minimum Gasteiger partial charge on any atom is -0.310 e. The van der Waals surface area contributed by atoms with Gasteiger partial charge >= 0.3 is 0 Å². The van der Waals surface area contributed by atoms with Crippen LogP contribution in [-0.4, -0.2) is 0 Å². The van der Waals surface area contributed by atoms with E-state index in [1.54, 1.807) is 0 Å². The van der Waals surface area contributed by atoms with Gasteiger partial charge in [-0.05, 0) is 80.6 Å². The third-order valence-corrected chi connectivity index (χ3v) is 11.8. The Labute approximate surface area is 290 Å². The molecule has 0 radical (unpaired) electrons. The van der Waals surface area contributed by atoms with Crippen molar-refractivity contribution in [2.45, 2.75) is 19.3 Å². The van der Waals surface area contributed by atoms with E-state index in [0.29, 0.717) is 0 Å². The van der Waals surface area contributed by atoms with Crippen molar-refractivity contribution in [3.8, 4) is 22.3 Å². The number of anilines is 3. The van der Waals surface area contributed by atoms with E-state index < -0.39 is 0 Å². The van der Waals surface area contributed by atoms with Gasteiger partial charge in [-0.15, -0.1) is 11.3 Å². The van der Waals surface area contributed by atoms with Gasteiger partial charge in [-0.3, -0.25) is 0 Å². The highest BCUT2D eigenvalue weighted by atomic mass is 32.1. The first-order chi connectivity index (χ1) is 24.1. The molecule has 0 aliphatic heterocycles. The van der Waals surface area contributed by atoms with Crippen molar-refractivity contribution in [1.82, 2.24) is 0 Å². The second kappa shape index (κ2) is 10.7. The van der Waals surface area contributed by atoms with Gasteiger partial charge in [-0.25, -0.2) is 0 Å². The lowest BCUT2D eigenvalue weighted by Gasteiger charge is -2.29. The number of rotatable bonds is 4. The van der Waals surface area contributed by atoms with Crippen molar-refractivity contribution in [3.05, 3.63) is 175 Å². The SMILES string of the molecule is CC1(C)c2ccccc2-c2cc(N(c3cccc(-c4ccccc4)c3)c3cccc4c3ccc3ccc5c6ccccc6sc5c34)ccc21. The van der Waals surface area contributed by atoms with Crippen LogP contribution in [0.15, 0.2) is 164 Å². The van der Waals surface area contributed by atoms with Crippen LogP contribution < -0.4 is 4.90 Å². The fourth-order valence-electron chi connectivity index (χ4n) is 8.26. The molecule has 0 bridgehead atoms. The second-order valence-corrected chi connectivity index (χ2v) is 14.8. The molecule has 0 fully saturated rings. The molecule has 0 saturated carbocycles. The van der Waals surface area contributed by atoms with Gasteiger partial charge in [0.25, 0.3) is 0 Å². The van der Waals surface area contributed by atoms with Gasteiger partial charge in [-0.2, -0.15) is 0 Å². The normalized spacial score (nSPS) is 13.3. The lowest BCUT2D eigenvalue weighted by Crippen LogP contribution is -2.15. The van der Waals surface area contributed by atoms with Crippen LogP contribution >= 0.6 is 11.3 Å². The Kier molecular flexibility index (Phi) is 6.16. The Hall–Kier alpha value is -5.70. The molecule has 1 aliphatic rings. The predicted molar refractivity (Wildman–Crippen MR) is 212 cm³/mol. The molecular formula is C47H33NS. The number of benzene rings is 8. The van der Waals surface area contributed by atoms with Crippen LogP contribution in [0.1, 0.15) is 25.0 Å². The van der Waals surface area contributed by atoms with E-state index in [2.05, 4.69) is 183 Å². The average molecular weight is 644 g/mol. The van der Waals surface area contributed by atoms with E-state index in [1.165, 1.54) is 80.8 Å². The fraction of sp³-hybridized carbons (Fsp3) is 0.0638. The molecule has 1 heterocycles. The van der Waals surface area contributed by atoms with E-state index in [9.17, 15) is 0 Å². The highest BCUT2D eigenvalue weighted by molar-refractivity contribution is 7.26. The Bertz CT molecular complexity index is 2750. The molecule has 1 aliphatic carbocycles. The van der Waals surface area contributed by atoms with E-state index >= 15 is 0 Å². The summed E-state index contributed by atoms with van der Waals surface area (Å²) in [6, 6.07) is 60.6. The van der Waals surface area contributed by atoms with Crippen LogP contribution in [0.25, 0.3) is 64.0 Å². The molecule has 10 rings (SSSR count). The van der Waals surface area contributed by atoms with Crippen LogP contribution in [0, 0.1) is 0 Å². The molecule has 0 spiro atoms. The molecule has 1 nitrogen and oxygen atoms in total. The van der Waals surface area contributed by atoms with Crippen molar-refractivity contribution < 1.29 is 0 Å². The van der Waals surface area contributed by atoms with Gasteiger partial charge in [0, 0.05) is 47.7 Å². The number of nitrogens with zero attached hydrogens (tertiary/aromatic N) is 1. The average Bonchev–Trinajstić information content (AvgIpc) is 3.64. The fourth-order valence-corrected chi connectivity index (χ4v) is 9.54. The van der Waals surface area contributed by atoms with Crippen LogP contribution in [0.4, 0.5) is 17.1 Å². The highest BCUT2D eigenvalue weighted by Gasteiger charge is 2.35. The number of fused-ring (bicyclic) bond motifs is 10. The molecule has 0 saturated heterocycles. The molecule has 0 atom stereocenters. The van der Waals surface area contributed by atoms with Crippen molar-refractivity contribution >= 4 is 70.1 Å². The zero-order chi connectivity index (χ0) is 32.7. The van der Waals surface area contributed by atoms with E-state index in [0.717, 1.165) is 11.4 Å². The molecular weight excluding hydrogens is 611 g/mol. The maximum absolute atomic E-state index is 2.47. The number of thiophene rings is 1. The van der Waals surface area contributed by atoms with Gasteiger partial charge in [0.1, 0.15) is 0 Å². The Morgan fingerprint density at radius 2 is 1.16 bits per heavy atom. The van der Waals surface area contributed by atoms with Gasteiger partial charge in [0.05, 0.1) is 5.69 Å². The summed E-state index contributed by atoms with van der Waals surface area (Å²) in [4.78, 5) is 2.47. The molecule has 0 amide bonds. The minimum absolute atomic E-state index is 0.0451. The topological polar surface area (TPSA) is 3.24 Å². The molecule has 0 N–H and O–H groups in total. The van der Waals surface area contributed by atoms with Gasteiger partial charge < -0.3 is 4.90 Å². The molecule has 2 heteroatoms. The summed E-state index contributed by atoms with van der Waals surface area (Å²) >= 11 is 1.91. The van der Waals surface area contributed by atoms with Crippen molar-refractivity contribution in [1.29, 1.82) is 0 Å². The zero-order valence-corrected chi connectivity index (χ0v) is 28.3. The van der Waals surface area contributed by atoms with Crippen molar-refractivity contribution in [2.24, 2.45) is 0 Å². The van der Waals surface area contributed by atoms with Crippen LogP contribution in [0.2, 0.25) is 0 Å². The monoisotopic (exact) mass is 643 g/mol. The standard InChI is InChI=1S/C47H33NS/c1-47(2)41-19-8-6-16-35(41)40-29-34(24-27-42(40)47)48(33-15-10-14-32(28-33)30-12-4-3-5-13-30)43-20-11-18-38-36(43)25-22-31-23-26-39-37-17-7-9-21-44(37)49-46(39)45(31)38/h3-29H,1-2H3. The quantitative estimate of drug-likeness (QED) is 0.173. The van der Waals surface area contributed by atoms with Crippen LogP contribution in [0.5, 0.6) is 0 Å². The largest absolute Gasteiger partial charge is 0.310 e. The van der Waals surface area contributed by atoms with E-state index in [4.69, 9.17) is 0 Å². The summed E-state index contributed by atoms with van der Waals surface area (Å²) in [5.74, 6) is 0. The van der Waals surface area contributed by atoms with Gasteiger partial charge in [0.2, 0.25) is 0 Å². The summed E-state index contributed by atoms with van der Waals surface area (Å²) in [5.41, 5.74) is 11.3. The molecule has 1 aromatic heterocycles. The summed E-state index contributed by atoms with van der Waals surface area (Å²) in [7, 11) is 0. The summed E-state index contributed by atoms with van der Waals surface area (Å²) in [5, 5.41) is 7.80. The third-order valence-electron chi connectivity index (χ3n) is 10.6. The van der Waals surface area contributed by atoms with Crippen molar-refractivity contribution in [2.75, 3.05) is 4.90 Å². The lowest BCUT2D eigenvalue weighted by molar-refractivity contribution is 0.660. The van der Waals surface area contributed by atoms with E-state index in [1.807, 2.05) is 11.3 Å². The van der Waals surface area contributed by atoms with Crippen molar-refractivity contribution in [3.63, 3.8) is 0 Å². The lowest BCUT2D eigenvalue weighted by atomic mass is 9.82. The first-order valence-corrected chi connectivity index (χ1v) is 17.8. The Morgan fingerprint density at radius 3 is 2.06 bits per heavy atom. The third kappa shape index (κ3) is 4.24. The summed E-state index contributed by atoms with van der Waals surface area (Å²) in [6.45, 7) is 4.70. The second-order valence-electron chi connectivity index (χ2n) is 13.7. The van der Waals surface area contributed by atoms with Gasteiger partial charge in [0.15, 0.2) is 0 Å². The Morgan fingerprint density at radius 1 is 0.469 bits per heavy atom. The van der Waals surface area contributed by atoms with E-state index in [-0.39, 0.29) is 5.41 Å². The van der Waals surface area contributed by atoms with Crippen LogP contribution in [0.3, 0.4) is 0 Å². The predicted octanol–water partition coefficient (Wildman–Crippen LogP) is 13.8. The summed E-state index contributed by atoms with van der Waals surface area (Å²) < 4.78 is 2.69. The first-order valence-electron chi connectivity index (χ1n) is 17.0. The molecule has 49 heavy (non-hydrogen) atoms. The molecule has 232 valence electrons. The first kappa shape index (κ1) is 28.3. The highest BCUT2D eigenvalue weighted by Crippen LogP contribution is 2.51. The minimum atomic E-state index is -0.0451. The Balaban J connectivity index is 1.25. The molecule has 0 unspecified atom stereocenters. The zero-order valence-electron chi connectivity index (χ0n) is 27.4. The maximum atomic E-state index is 2.47. The summed E-state index contributed by atoms with van der Waals surface area (Å²) in [6.07, 6.45) is 0. The van der Waals surface area contributed by atoms with Gasteiger partial charge in [-0.1, -0.05) is 141 Å². The maximum Gasteiger partial charge on any atom is 0.0540 e. The molecule has 9 aromatic rings. The smallest absolute Gasteiger partial charge is 0.0540 e.